The molecule has 1 aromatic rings. The quantitative estimate of drug-likeness (QED) is 0.164. The molecule has 3 rings (SSSR count). The molecule has 0 bridgehead atoms. The van der Waals surface area contributed by atoms with Crippen molar-refractivity contribution in [3.05, 3.63) is 30.1 Å². The SMILES string of the molecule is COC(=O)[C@@H]1CC(F)(F)C[C@@](CC=O)(C(=O)OC)C1.COC(=O)[C@@H]1CC(F)(F)C[C@@](CCNc2cccc(F)c2)(C(=O)OC)C1. The smallest absolute Gasteiger partial charge is 0.312 e. The van der Waals surface area contributed by atoms with E-state index in [2.05, 4.69) is 19.5 Å². The van der Waals surface area contributed by atoms with Gasteiger partial charge < -0.3 is 29.1 Å². The molecule has 2 aliphatic carbocycles. The number of hydrogen-bond acceptors (Lipinski definition) is 10. The number of alkyl halides is 4. The van der Waals surface area contributed by atoms with Crippen molar-refractivity contribution in [3.63, 3.8) is 0 Å². The zero-order valence-electron chi connectivity index (χ0n) is 25.5. The molecule has 2 aliphatic rings. The molecule has 0 amide bonds. The summed E-state index contributed by atoms with van der Waals surface area (Å²) in [7, 11) is 4.41. The van der Waals surface area contributed by atoms with Gasteiger partial charge in [-0.1, -0.05) is 6.07 Å². The monoisotopic (exact) mass is 651 g/mol. The van der Waals surface area contributed by atoms with E-state index in [0.717, 1.165) is 28.4 Å². The van der Waals surface area contributed by atoms with Crippen molar-refractivity contribution in [2.75, 3.05) is 40.3 Å². The van der Waals surface area contributed by atoms with Crippen LogP contribution in [-0.2, 0) is 42.9 Å². The van der Waals surface area contributed by atoms with E-state index in [4.69, 9.17) is 4.74 Å². The first-order valence-corrected chi connectivity index (χ1v) is 14.0. The Labute approximate surface area is 257 Å². The topological polar surface area (TPSA) is 134 Å². The van der Waals surface area contributed by atoms with E-state index < -0.39 is 96.3 Å². The van der Waals surface area contributed by atoms with Crippen molar-refractivity contribution in [1.29, 1.82) is 0 Å². The Hall–Kier alpha value is -3.78. The molecule has 1 aromatic carbocycles. The van der Waals surface area contributed by atoms with Gasteiger partial charge >= 0.3 is 23.9 Å². The van der Waals surface area contributed by atoms with E-state index in [9.17, 15) is 45.9 Å². The van der Waals surface area contributed by atoms with E-state index in [1.165, 1.54) is 18.2 Å². The van der Waals surface area contributed by atoms with Crippen molar-refractivity contribution < 1.29 is 64.9 Å². The van der Waals surface area contributed by atoms with E-state index in [1.807, 2.05) is 0 Å². The van der Waals surface area contributed by atoms with Crippen molar-refractivity contribution in [2.45, 2.75) is 63.2 Å². The summed E-state index contributed by atoms with van der Waals surface area (Å²) < 4.78 is 87.5. The number of carbonyl (C=O) groups is 5. The number of methoxy groups -OCH3 is 4. The first-order valence-electron chi connectivity index (χ1n) is 14.0. The second kappa shape index (κ2) is 15.5. The third-order valence-electron chi connectivity index (χ3n) is 8.10. The Bertz CT molecular complexity index is 1230. The lowest BCUT2D eigenvalue weighted by Crippen LogP contribution is -2.48. The second-order valence-corrected chi connectivity index (χ2v) is 11.4. The molecule has 15 heteroatoms. The van der Waals surface area contributed by atoms with Crippen LogP contribution in [0.4, 0.5) is 27.6 Å². The first kappa shape index (κ1) is 37.4. The van der Waals surface area contributed by atoms with E-state index >= 15 is 0 Å². The van der Waals surface area contributed by atoms with Gasteiger partial charge in [-0.15, -0.1) is 0 Å². The van der Waals surface area contributed by atoms with Gasteiger partial charge in [0.15, 0.2) is 0 Å². The second-order valence-electron chi connectivity index (χ2n) is 11.4. The highest BCUT2D eigenvalue weighted by Crippen LogP contribution is 2.51. The summed E-state index contributed by atoms with van der Waals surface area (Å²) in [6, 6.07) is 5.68. The van der Waals surface area contributed by atoms with Gasteiger partial charge in [0.05, 0.1) is 51.1 Å². The lowest BCUT2D eigenvalue weighted by atomic mass is 9.66. The Balaban J connectivity index is 0.000000330. The van der Waals surface area contributed by atoms with E-state index in [1.54, 1.807) is 6.07 Å². The molecular weight excluding hydrogens is 613 g/mol. The van der Waals surface area contributed by atoms with Gasteiger partial charge in [0.1, 0.15) is 12.1 Å². The predicted molar refractivity (Wildman–Crippen MR) is 148 cm³/mol. The summed E-state index contributed by atoms with van der Waals surface area (Å²) in [4.78, 5) is 58.1. The summed E-state index contributed by atoms with van der Waals surface area (Å²) in [5.41, 5.74) is -2.70. The van der Waals surface area contributed by atoms with Crippen LogP contribution in [-0.4, -0.2) is 77.0 Å². The number of ether oxygens (including phenoxy) is 4. The molecule has 4 atom stereocenters. The van der Waals surface area contributed by atoms with Crippen LogP contribution in [0.1, 0.15) is 51.4 Å². The molecule has 0 spiro atoms. The summed E-state index contributed by atoms with van der Waals surface area (Å²) in [6.45, 7) is 0.141. The van der Waals surface area contributed by atoms with Gasteiger partial charge in [0.2, 0.25) is 11.8 Å². The number of halogens is 5. The van der Waals surface area contributed by atoms with Crippen LogP contribution in [0, 0.1) is 28.5 Å². The van der Waals surface area contributed by atoms with Crippen LogP contribution in [0.2, 0.25) is 0 Å². The van der Waals surface area contributed by atoms with E-state index in [-0.39, 0.29) is 25.8 Å². The molecule has 0 unspecified atom stereocenters. The number of carbonyl (C=O) groups excluding carboxylic acids is 5. The standard InChI is InChI=1S/C18H22F3NO4.C12H16F2O5/c1-25-15(23)12-9-17(16(24)26-2,11-18(20,21)10-12)6-7-22-14-5-3-4-13(19)8-14;1-18-9(16)8-5-11(3-4-15,10(17)19-2)7-12(13,14)6-8/h3-5,8,12,22H,6-7,9-11H2,1-2H3;4,8H,3,5-7H2,1-2H3/t12-,17-;8-,11-/m00/s1. The summed E-state index contributed by atoms with van der Waals surface area (Å²) in [5, 5.41) is 2.91. The largest absolute Gasteiger partial charge is 0.469 e. The van der Waals surface area contributed by atoms with Gasteiger partial charge in [-0.25, -0.2) is 22.0 Å². The van der Waals surface area contributed by atoms with Crippen LogP contribution in [0.5, 0.6) is 0 Å². The predicted octanol–water partition coefficient (Wildman–Crippen LogP) is 4.74. The Morgan fingerprint density at radius 2 is 1.29 bits per heavy atom. The zero-order valence-corrected chi connectivity index (χ0v) is 25.5. The van der Waals surface area contributed by atoms with Crippen molar-refractivity contribution >= 4 is 35.9 Å². The summed E-state index contributed by atoms with van der Waals surface area (Å²) in [5.74, 6) is -12.3. The van der Waals surface area contributed by atoms with Gasteiger partial charge in [-0.3, -0.25) is 19.2 Å². The summed E-state index contributed by atoms with van der Waals surface area (Å²) in [6.07, 6.45) is -3.07. The third-order valence-corrected chi connectivity index (χ3v) is 8.10. The molecule has 2 saturated carbocycles. The van der Waals surface area contributed by atoms with Crippen LogP contribution in [0.3, 0.4) is 0 Å². The molecule has 0 aromatic heterocycles. The molecule has 0 saturated heterocycles. The minimum atomic E-state index is -3.21. The Morgan fingerprint density at radius 3 is 1.76 bits per heavy atom. The molecule has 10 nitrogen and oxygen atoms in total. The molecule has 45 heavy (non-hydrogen) atoms. The molecule has 0 radical (unpaired) electrons. The highest BCUT2D eigenvalue weighted by Gasteiger charge is 2.57. The van der Waals surface area contributed by atoms with Crippen LogP contribution in [0.15, 0.2) is 24.3 Å². The number of benzene rings is 1. The van der Waals surface area contributed by atoms with Crippen molar-refractivity contribution in [3.8, 4) is 0 Å². The number of anilines is 1. The van der Waals surface area contributed by atoms with Gasteiger partial charge in [0, 0.05) is 44.3 Å². The van der Waals surface area contributed by atoms with Crippen LogP contribution < -0.4 is 5.32 Å². The third kappa shape index (κ3) is 9.85. The molecule has 252 valence electrons. The molecule has 2 fully saturated rings. The lowest BCUT2D eigenvalue weighted by molar-refractivity contribution is -0.178. The number of esters is 4. The van der Waals surface area contributed by atoms with Gasteiger partial charge in [0.25, 0.3) is 0 Å². The maximum atomic E-state index is 14.3. The Kier molecular flexibility index (Phi) is 12.9. The van der Waals surface area contributed by atoms with Gasteiger partial charge in [-0.2, -0.15) is 0 Å². The average Bonchev–Trinajstić information content (AvgIpc) is 2.98. The highest BCUT2D eigenvalue weighted by atomic mass is 19.3. The minimum Gasteiger partial charge on any atom is -0.469 e. The number of aldehydes is 1. The number of rotatable bonds is 10. The fraction of sp³-hybridized carbons (Fsp3) is 0.633. The minimum absolute atomic E-state index is 0.0132. The van der Waals surface area contributed by atoms with Crippen molar-refractivity contribution in [2.24, 2.45) is 22.7 Å². The van der Waals surface area contributed by atoms with Crippen molar-refractivity contribution in [1.82, 2.24) is 0 Å². The highest BCUT2D eigenvalue weighted by molar-refractivity contribution is 5.82. The number of hydrogen-bond donors (Lipinski definition) is 1. The molecule has 1 N–H and O–H groups in total. The molecule has 0 heterocycles. The fourth-order valence-electron chi connectivity index (χ4n) is 6.23. The normalized spacial score (nSPS) is 26.6. The lowest BCUT2D eigenvalue weighted by Gasteiger charge is -2.41. The maximum absolute atomic E-state index is 14.3. The first-order chi connectivity index (χ1) is 21.0. The maximum Gasteiger partial charge on any atom is 0.312 e. The van der Waals surface area contributed by atoms with Crippen LogP contribution in [0.25, 0.3) is 0 Å². The number of nitrogens with one attached hydrogen (secondary N) is 1. The Morgan fingerprint density at radius 1 is 0.800 bits per heavy atom. The van der Waals surface area contributed by atoms with Crippen LogP contribution >= 0.6 is 0 Å². The zero-order chi connectivity index (χ0) is 34.1. The van der Waals surface area contributed by atoms with Gasteiger partial charge in [-0.05, 0) is 37.5 Å². The summed E-state index contributed by atoms with van der Waals surface area (Å²) >= 11 is 0. The molecular formula is C30H38F5NO9. The van der Waals surface area contributed by atoms with E-state index in [0.29, 0.717) is 12.0 Å². The molecule has 0 aliphatic heterocycles. The average molecular weight is 652 g/mol. The fourth-order valence-corrected chi connectivity index (χ4v) is 6.23.